The lowest BCUT2D eigenvalue weighted by molar-refractivity contribution is -0.309. The highest BCUT2D eigenvalue weighted by atomic mass is 32.3. The van der Waals surface area contributed by atoms with E-state index in [-0.39, 0.29) is 19.1 Å². The van der Waals surface area contributed by atoms with Crippen LogP contribution in [0.2, 0.25) is 0 Å². The maximum absolute atomic E-state index is 11.4. The fraction of sp³-hybridized carbons (Fsp3) is 1.00. The molecule has 3 fully saturated rings. The molecule has 0 unspecified atom stereocenters. The van der Waals surface area contributed by atoms with Gasteiger partial charge in [0, 0.05) is 18.6 Å². The zero-order valence-corrected chi connectivity index (χ0v) is 19.8. The van der Waals surface area contributed by atoms with Gasteiger partial charge in [-0.25, -0.2) is 4.18 Å². The molecule has 2 heterocycles. The van der Waals surface area contributed by atoms with Crippen LogP contribution in [-0.2, 0) is 33.5 Å². The van der Waals surface area contributed by atoms with Crippen molar-refractivity contribution in [2.24, 2.45) is 28.7 Å². The summed E-state index contributed by atoms with van der Waals surface area (Å²) in [4.78, 5) is 0. The molecular weight excluding hydrogens is 494 g/mol. The van der Waals surface area contributed by atoms with E-state index in [0.717, 1.165) is 0 Å². The van der Waals surface area contributed by atoms with E-state index in [1.807, 2.05) is 0 Å². The molecule has 0 aromatic carbocycles. The number of aliphatic hydroxyl groups is 3. The van der Waals surface area contributed by atoms with Gasteiger partial charge in [0.1, 0.15) is 36.6 Å². The summed E-state index contributed by atoms with van der Waals surface area (Å²) in [5.41, 5.74) is 30.0. The van der Waals surface area contributed by atoms with E-state index < -0.39 is 90.4 Å². The molecule has 2 saturated heterocycles. The van der Waals surface area contributed by atoms with Crippen molar-refractivity contribution in [2.45, 2.75) is 98.7 Å². The molecule has 3 aliphatic rings. The van der Waals surface area contributed by atoms with Crippen molar-refractivity contribution in [1.29, 1.82) is 0 Å². The molecule has 1 aliphatic carbocycles. The molecule has 206 valence electrons. The van der Waals surface area contributed by atoms with Gasteiger partial charge in [-0.2, -0.15) is 8.42 Å². The molecule has 0 bridgehead atoms. The van der Waals surface area contributed by atoms with Crippen molar-refractivity contribution < 1.29 is 51.4 Å². The number of aliphatic hydroxyl groups excluding tert-OH is 3. The van der Waals surface area contributed by atoms with E-state index in [9.17, 15) is 23.7 Å². The molecular formula is C18H37N5O11S. The van der Waals surface area contributed by atoms with Crippen LogP contribution in [0.15, 0.2) is 0 Å². The van der Waals surface area contributed by atoms with Gasteiger partial charge in [-0.05, 0) is 19.3 Å². The first kappa shape index (κ1) is 29.0. The monoisotopic (exact) mass is 531 g/mol. The Morgan fingerprint density at radius 2 is 1.46 bits per heavy atom. The topological polar surface area (TPSA) is 291 Å². The zero-order chi connectivity index (χ0) is 26.1. The standard InChI is InChI=1S/C18H37N5O11S/c19-4-6-1-2-7(20)17(30-6)32-14-8(21)3-9(22)15(13(14)26)33-18-16(34-35(27,28)29)11(23)12(25)10(5-24)31-18/h6-18,24-26H,1-5,19-23H2,(H,27,28,29)/t6-,7+,8-,9+,10+,11-,12+,13+,14+,15-,16+,17-,18-/m0/s1. The second kappa shape index (κ2) is 11.8. The van der Waals surface area contributed by atoms with Gasteiger partial charge < -0.3 is 62.9 Å². The molecule has 13 atom stereocenters. The SMILES string of the molecule is NC[C@@H]1CC[C@@H](N)[C@H](O[C@H]2[C@@H](O)[C@@H](O[C@@H]3O[C@H](CO)[C@@H](O)[C@H](N)[C@H]3OS(=O)(=O)O)[C@H](N)C[C@@H]2N)O1. The molecule has 0 radical (unpaired) electrons. The van der Waals surface area contributed by atoms with Gasteiger partial charge in [-0.1, -0.05) is 0 Å². The highest BCUT2D eigenvalue weighted by molar-refractivity contribution is 7.80. The predicted molar refractivity (Wildman–Crippen MR) is 117 cm³/mol. The molecule has 1 saturated carbocycles. The second-order valence-electron chi connectivity index (χ2n) is 9.14. The van der Waals surface area contributed by atoms with Gasteiger partial charge in [0.15, 0.2) is 12.6 Å². The minimum absolute atomic E-state index is 0.114. The average Bonchev–Trinajstić information content (AvgIpc) is 2.78. The Kier molecular flexibility index (Phi) is 9.80. The van der Waals surface area contributed by atoms with E-state index in [2.05, 4.69) is 4.18 Å². The lowest BCUT2D eigenvalue weighted by Gasteiger charge is -2.47. The van der Waals surface area contributed by atoms with Gasteiger partial charge in [-0.15, -0.1) is 0 Å². The fourth-order valence-electron chi connectivity index (χ4n) is 4.59. The van der Waals surface area contributed by atoms with Crippen molar-refractivity contribution in [3.05, 3.63) is 0 Å². The normalized spacial score (nSPS) is 47.5. The van der Waals surface area contributed by atoms with Gasteiger partial charge in [0.25, 0.3) is 0 Å². The quantitative estimate of drug-likeness (QED) is 0.132. The number of hydrogen-bond donors (Lipinski definition) is 9. The van der Waals surface area contributed by atoms with Crippen molar-refractivity contribution in [3.8, 4) is 0 Å². The van der Waals surface area contributed by atoms with Crippen LogP contribution < -0.4 is 28.7 Å². The third kappa shape index (κ3) is 6.83. The van der Waals surface area contributed by atoms with Gasteiger partial charge >= 0.3 is 10.4 Å². The maximum atomic E-state index is 11.4. The van der Waals surface area contributed by atoms with Crippen LogP contribution in [0.5, 0.6) is 0 Å². The van der Waals surface area contributed by atoms with Crippen LogP contribution in [0.25, 0.3) is 0 Å². The highest BCUT2D eigenvalue weighted by Gasteiger charge is 2.51. The van der Waals surface area contributed by atoms with E-state index in [4.69, 9.17) is 52.2 Å². The van der Waals surface area contributed by atoms with Gasteiger partial charge in [0.2, 0.25) is 0 Å². The first-order valence-electron chi connectivity index (χ1n) is 11.3. The van der Waals surface area contributed by atoms with Crippen LogP contribution in [0.1, 0.15) is 19.3 Å². The minimum Gasteiger partial charge on any atom is -0.394 e. The number of nitrogens with two attached hydrogens (primary N) is 5. The second-order valence-corrected chi connectivity index (χ2v) is 10.2. The molecule has 0 aromatic rings. The van der Waals surface area contributed by atoms with Crippen molar-refractivity contribution in [1.82, 2.24) is 0 Å². The molecule has 16 nitrogen and oxygen atoms in total. The van der Waals surface area contributed by atoms with Crippen molar-refractivity contribution in [3.63, 3.8) is 0 Å². The molecule has 0 spiro atoms. The largest absolute Gasteiger partial charge is 0.397 e. The summed E-state index contributed by atoms with van der Waals surface area (Å²) < 4.78 is 59.3. The molecule has 2 aliphatic heterocycles. The predicted octanol–water partition coefficient (Wildman–Crippen LogP) is -5.44. The van der Waals surface area contributed by atoms with Crippen molar-refractivity contribution in [2.75, 3.05) is 13.2 Å². The Bertz CT molecular complexity index is 797. The van der Waals surface area contributed by atoms with E-state index in [1.165, 1.54) is 0 Å². The van der Waals surface area contributed by atoms with Crippen LogP contribution in [0.4, 0.5) is 0 Å². The molecule has 0 aromatic heterocycles. The number of hydrogen-bond acceptors (Lipinski definition) is 15. The van der Waals surface area contributed by atoms with Crippen molar-refractivity contribution >= 4 is 10.4 Å². The fourth-order valence-corrected chi connectivity index (χ4v) is 5.09. The average molecular weight is 532 g/mol. The Balaban J connectivity index is 1.78. The zero-order valence-electron chi connectivity index (χ0n) is 19.0. The number of rotatable bonds is 8. The van der Waals surface area contributed by atoms with E-state index in [1.54, 1.807) is 0 Å². The summed E-state index contributed by atoms with van der Waals surface area (Å²) >= 11 is 0. The molecule has 35 heavy (non-hydrogen) atoms. The molecule has 14 N–H and O–H groups in total. The molecule has 17 heteroatoms. The van der Waals surface area contributed by atoms with E-state index in [0.29, 0.717) is 12.8 Å². The Morgan fingerprint density at radius 1 is 0.857 bits per heavy atom. The smallest absolute Gasteiger partial charge is 0.394 e. The van der Waals surface area contributed by atoms with Crippen LogP contribution >= 0.6 is 0 Å². The van der Waals surface area contributed by atoms with Gasteiger partial charge in [-0.3, -0.25) is 4.55 Å². The summed E-state index contributed by atoms with van der Waals surface area (Å²) in [5.74, 6) is 0. The summed E-state index contributed by atoms with van der Waals surface area (Å²) in [5, 5.41) is 30.8. The first-order valence-corrected chi connectivity index (χ1v) is 12.7. The Hall–Kier alpha value is -0.610. The summed E-state index contributed by atoms with van der Waals surface area (Å²) in [7, 11) is -5.05. The van der Waals surface area contributed by atoms with Crippen LogP contribution in [-0.4, -0.2) is 121 Å². The molecule has 3 rings (SSSR count). The summed E-state index contributed by atoms with van der Waals surface area (Å²) in [6.07, 6.45) is -9.82. The lowest BCUT2D eigenvalue weighted by Crippen LogP contribution is -2.68. The minimum atomic E-state index is -5.05. The number of ether oxygens (including phenoxy) is 4. The third-order valence-electron chi connectivity index (χ3n) is 6.55. The lowest BCUT2D eigenvalue weighted by atomic mass is 9.84. The van der Waals surface area contributed by atoms with Crippen LogP contribution in [0, 0.1) is 0 Å². The summed E-state index contributed by atoms with van der Waals surface area (Å²) in [6.45, 7) is -0.433. The first-order chi connectivity index (χ1) is 16.4. The van der Waals surface area contributed by atoms with Gasteiger partial charge in [0.05, 0.1) is 24.8 Å². The highest BCUT2D eigenvalue weighted by Crippen LogP contribution is 2.31. The molecule has 0 amide bonds. The maximum Gasteiger partial charge on any atom is 0.397 e. The Labute approximate surface area is 202 Å². The Morgan fingerprint density at radius 3 is 2.00 bits per heavy atom. The summed E-state index contributed by atoms with van der Waals surface area (Å²) in [6, 6.07) is -3.56. The van der Waals surface area contributed by atoms with Crippen LogP contribution in [0.3, 0.4) is 0 Å². The third-order valence-corrected chi connectivity index (χ3v) is 7.01. The van der Waals surface area contributed by atoms with E-state index >= 15 is 0 Å².